The summed E-state index contributed by atoms with van der Waals surface area (Å²) in [4.78, 5) is 19.5. The van der Waals surface area contributed by atoms with Crippen LogP contribution in [0.2, 0.25) is 5.02 Å². The summed E-state index contributed by atoms with van der Waals surface area (Å²) in [5.74, 6) is 0.581. The lowest BCUT2D eigenvalue weighted by atomic mass is 10.3. The van der Waals surface area contributed by atoms with Crippen LogP contribution in [0, 0.1) is 6.92 Å². The summed E-state index contributed by atoms with van der Waals surface area (Å²) >= 11 is 9.11. The fourth-order valence-electron chi connectivity index (χ4n) is 2.23. The van der Waals surface area contributed by atoms with E-state index in [4.69, 9.17) is 16.3 Å². The Bertz CT molecular complexity index is 862. The lowest BCUT2D eigenvalue weighted by Gasteiger charge is -2.17. The predicted molar refractivity (Wildman–Crippen MR) is 104 cm³/mol. The van der Waals surface area contributed by atoms with E-state index >= 15 is 0 Å². The third kappa shape index (κ3) is 4.21. The first-order valence-corrected chi connectivity index (χ1v) is 9.83. The van der Waals surface area contributed by atoms with Gasteiger partial charge in [-0.2, -0.15) is 11.3 Å². The van der Waals surface area contributed by atoms with Crippen LogP contribution in [-0.2, 0) is 0 Å². The van der Waals surface area contributed by atoms with Gasteiger partial charge in [0.15, 0.2) is 0 Å². The third-order valence-corrected chi connectivity index (χ3v) is 5.82. The van der Waals surface area contributed by atoms with Gasteiger partial charge in [0.05, 0.1) is 17.3 Å². The molecule has 0 radical (unpaired) electrons. The minimum absolute atomic E-state index is 0.0424. The Balaban J connectivity index is 1.62. The average molecular weight is 393 g/mol. The molecule has 2 heterocycles. The highest BCUT2D eigenvalue weighted by Crippen LogP contribution is 2.30. The topological polar surface area (TPSA) is 42.4 Å². The summed E-state index contributed by atoms with van der Waals surface area (Å²) in [5, 5.41) is 5.48. The number of para-hydroxylation sites is 1. The molecular formula is C18H17ClN2O2S2. The SMILES string of the molecule is Cc1nc(-c2ccsc2)sc1C(=O)N(C)CCOc1ccccc1Cl. The number of nitrogens with zero attached hydrogens (tertiary/aromatic N) is 2. The molecule has 0 bridgehead atoms. The van der Waals surface area contributed by atoms with E-state index in [-0.39, 0.29) is 5.91 Å². The number of ether oxygens (including phenoxy) is 1. The van der Waals surface area contributed by atoms with E-state index in [2.05, 4.69) is 4.98 Å². The first-order chi connectivity index (χ1) is 12.1. The molecule has 1 amide bonds. The van der Waals surface area contributed by atoms with Crippen molar-refractivity contribution in [3.63, 3.8) is 0 Å². The summed E-state index contributed by atoms with van der Waals surface area (Å²) in [7, 11) is 1.77. The summed E-state index contributed by atoms with van der Waals surface area (Å²) in [6.07, 6.45) is 0. The molecule has 4 nitrogen and oxygen atoms in total. The van der Waals surface area contributed by atoms with Crippen molar-refractivity contribution in [3.8, 4) is 16.3 Å². The molecule has 0 spiro atoms. The number of rotatable bonds is 6. The number of carbonyl (C=O) groups is 1. The number of hydrogen-bond acceptors (Lipinski definition) is 5. The highest BCUT2D eigenvalue weighted by Gasteiger charge is 2.19. The Morgan fingerprint density at radius 2 is 2.12 bits per heavy atom. The zero-order valence-electron chi connectivity index (χ0n) is 13.9. The van der Waals surface area contributed by atoms with Crippen LogP contribution < -0.4 is 4.74 Å². The van der Waals surface area contributed by atoms with Crippen molar-refractivity contribution in [1.29, 1.82) is 0 Å². The van der Waals surface area contributed by atoms with E-state index in [1.54, 1.807) is 29.4 Å². The van der Waals surface area contributed by atoms with Gasteiger partial charge in [-0.05, 0) is 30.5 Å². The Morgan fingerprint density at radius 3 is 2.84 bits per heavy atom. The molecule has 0 aliphatic rings. The zero-order valence-corrected chi connectivity index (χ0v) is 16.2. The number of thiazole rings is 1. The number of thiophene rings is 1. The number of likely N-dealkylation sites (N-methyl/N-ethyl adjacent to an activating group) is 1. The number of hydrogen-bond donors (Lipinski definition) is 0. The van der Waals surface area contributed by atoms with Gasteiger partial charge in [0.1, 0.15) is 22.2 Å². The zero-order chi connectivity index (χ0) is 17.8. The quantitative estimate of drug-likeness (QED) is 0.593. The van der Waals surface area contributed by atoms with Gasteiger partial charge in [0.2, 0.25) is 0 Å². The van der Waals surface area contributed by atoms with Crippen molar-refractivity contribution in [3.05, 3.63) is 56.7 Å². The van der Waals surface area contributed by atoms with Gasteiger partial charge in [0.25, 0.3) is 5.91 Å². The summed E-state index contributed by atoms with van der Waals surface area (Å²) in [5.41, 5.74) is 1.82. The van der Waals surface area contributed by atoms with Crippen LogP contribution in [0.25, 0.3) is 10.6 Å². The summed E-state index contributed by atoms with van der Waals surface area (Å²) in [6, 6.07) is 9.31. The molecule has 7 heteroatoms. The maximum absolute atomic E-state index is 12.7. The van der Waals surface area contributed by atoms with E-state index in [0.717, 1.165) is 16.3 Å². The van der Waals surface area contributed by atoms with E-state index in [1.165, 1.54) is 11.3 Å². The monoisotopic (exact) mass is 392 g/mol. The van der Waals surface area contributed by atoms with Gasteiger partial charge in [-0.15, -0.1) is 11.3 Å². The van der Waals surface area contributed by atoms with Gasteiger partial charge in [-0.25, -0.2) is 4.98 Å². The number of carbonyl (C=O) groups excluding carboxylic acids is 1. The fourth-order valence-corrected chi connectivity index (χ4v) is 4.20. The summed E-state index contributed by atoms with van der Waals surface area (Å²) < 4.78 is 5.65. The molecule has 3 aromatic rings. The van der Waals surface area contributed by atoms with Crippen molar-refractivity contribution < 1.29 is 9.53 Å². The standard InChI is InChI=1S/C18H17ClN2O2S2/c1-12-16(25-17(20-12)13-7-10-24-11-13)18(22)21(2)8-9-23-15-6-4-3-5-14(15)19/h3-7,10-11H,8-9H2,1-2H3. The normalized spacial score (nSPS) is 10.7. The Hall–Kier alpha value is -1.89. The summed E-state index contributed by atoms with van der Waals surface area (Å²) in [6.45, 7) is 2.71. The molecule has 1 aromatic carbocycles. The van der Waals surface area contributed by atoms with Gasteiger partial charge in [0, 0.05) is 18.0 Å². The lowest BCUT2D eigenvalue weighted by molar-refractivity contribution is 0.0777. The number of aromatic nitrogens is 1. The fraction of sp³-hybridized carbons (Fsp3) is 0.222. The first kappa shape index (κ1) is 17.9. The highest BCUT2D eigenvalue weighted by atomic mass is 35.5. The van der Waals surface area contributed by atoms with Crippen molar-refractivity contribution >= 4 is 40.2 Å². The van der Waals surface area contributed by atoms with Crippen molar-refractivity contribution in [2.45, 2.75) is 6.92 Å². The molecule has 3 rings (SSSR count). The predicted octanol–water partition coefficient (Wildman–Crippen LogP) is 4.98. The lowest BCUT2D eigenvalue weighted by Crippen LogP contribution is -2.30. The molecule has 0 unspecified atom stereocenters. The molecule has 0 fully saturated rings. The second-order valence-corrected chi connectivity index (χ2v) is 7.64. The van der Waals surface area contributed by atoms with Crippen LogP contribution in [-0.4, -0.2) is 36.0 Å². The Kier molecular flexibility index (Phi) is 5.73. The number of amides is 1. The van der Waals surface area contributed by atoms with Crippen LogP contribution in [0.5, 0.6) is 5.75 Å². The van der Waals surface area contributed by atoms with Gasteiger partial charge < -0.3 is 9.64 Å². The molecule has 0 atom stereocenters. The average Bonchev–Trinajstić information content (AvgIpc) is 3.25. The first-order valence-electron chi connectivity index (χ1n) is 7.69. The van der Waals surface area contributed by atoms with E-state index in [1.807, 2.05) is 41.9 Å². The molecule has 0 N–H and O–H groups in total. The Morgan fingerprint density at radius 1 is 1.32 bits per heavy atom. The molecule has 0 saturated carbocycles. The van der Waals surface area contributed by atoms with Gasteiger partial charge in [-0.3, -0.25) is 4.79 Å². The number of aryl methyl sites for hydroxylation is 1. The van der Waals surface area contributed by atoms with E-state index in [9.17, 15) is 4.79 Å². The van der Waals surface area contributed by atoms with Crippen molar-refractivity contribution in [1.82, 2.24) is 9.88 Å². The van der Waals surface area contributed by atoms with Crippen molar-refractivity contribution in [2.24, 2.45) is 0 Å². The second kappa shape index (κ2) is 7.99. The molecular weight excluding hydrogens is 376 g/mol. The number of benzene rings is 1. The number of halogens is 1. The molecule has 0 saturated heterocycles. The molecule has 2 aromatic heterocycles. The van der Waals surface area contributed by atoms with Gasteiger partial charge in [-0.1, -0.05) is 23.7 Å². The highest BCUT2D eigenvalue weighted by molar-refractivity contribution is 7.17. The Labute approximate surface area is 159 Å². The third-order valence-electron chi connectivity index (χ3n) is 3.63. The molecule has 130 valence electrons. The maximum Gasteiger partial charge on any atom is 0.265 e. The van der Waals surface area contributed by atoms with E-state index < -0.39 is 0 Å². The second-order valence-electron chi connectivity index (χ2n) is 5.45. The minimum atomic E-state index is -0.0424. The molecule has 25 heavy (non-hydrogen) atoms. The minimum Gasteiger partial charge on any atom is -0.490 e. The van der Waals surface area contributed by atoms with Crippen molar-refractivity contribution in [2.75, 3.05) is 20.2 Å². The van der Waals surface area contributed by atoms with Crippen LogP contribution in [0.4, 0.5) is 0 Å². The van der Waals surface area contributed by atoms with Crippen LogP contribution in [0.3, 0.4) is 0 Å². The van der Waals surface area contributed by atoms with Crippen LogP contribution in [0.15, 0.2) is 41.1 Å². The van der Waals surface area contributed by atoms with Crippen LogP contribution >= 0.6 is 34.3 Å². The van der Waals surface area contributed by atoms with Gasteiger partial charge >= 0.3 is 0 Å². The smallest absolute Gasteiger partial charge is 0.265 e. The maximum atomic E-state index is 12.7. The molecule has 0 aliphatic heterocycles. The van der Waals surface area contributed by atoms with E-state index in [0.29, 0.717) is 28.8 Å². The largest absolute Gasteiger partial charge is 0.490 e. The molecule has 0 aliphatic carbocycles. The van der Waals surface area contributed by atoms with Crippen LogP contribution in [0.1, 0.15) is 15.4 Å².